The van der Waals surface area contributed by atoms with Crippen molar-refractivity contribution >= 4 is 21.2 Å². The minimum absolute atomic E-state index is 0.0222. The van der Waals surface area contributed by atoms with Crippen molar-refractivity contribution < 1.29 is 21.9 Å². The van der Waals surface area contributed by atoms with Gasteiger partial charge in [-0.2, -0.15) is 0 Å². The summed E-state index contributed by atoms with van der Waals surface area (Å²) < 4.78 is 61.3. The van der Waals surface area contributed by atoms with Crippen LogP contribution in [0.1, 0.15) is 30.2 Å². The molecule has 1 aliphatic heterocycles. The van der Waals surface area contributed by atoms with E-state index in [-0.39, 0.29) is 17.0 Å². The minimum Gasteiger partial charge on any atom is -0.486 e. The van der Waals surface area contributed by atoms with Gasteiger partial charge in [0, 0.05) is 43.1 Å². The second-order valence-electron chi connectivity index (χ2n) is 8.36. The van der Waals surface area contributed by atoms with Gasteiger partial charge in [0.25, 0.3) is 0 Å². The average Bonchev–Trinajstić information content (AvgIpc) is 3.36. The Hall–Kier alpha value is -2.36. The van der Waals surface area contributed by atoms with Crippen LogP contribution in [-0.4, -0.2) is 37.0 Å². The predicted molar refractivity (Wildman–Crippen MR) is 119 cm³/mol. The van der Waals surface area contributed by atoms with Gasteiger partial charge in [0.2, 0.25) is 0 Å². The minimum atomic E-state index is -4.24. The molecule has 5 nitrogen and oxygen atoms in total. The number of nitrogens with zero attached hydrogens (tertiary/aromatic N) is 2. The molecular formula is C23H24F2N2O3S2. The molecule has 0 saturated carbocycles. The van der Waals surface area contributed by atoms with Gasteiger partial charge in [-0.15, -0.1) is 11.3 Å². The van der Waals surface area contributed by atoms with Crippen LogP contribution in [0.5, 0.6) is 5.75 Å². The zero-order valence-corrected chi connectivity index (χ0v) is 19.5. The summed E-state index contributed by atoms with van der Waals surface area (Å²) in [6.07, 6.45) is 0.687. The maximum atomic E-state index is 15.1. The van der Waals surface area contributed by atoms with Crippen LogP contribution >= 0.6 is 11.3 Å². The lowest BCUT2D eigenvalue weighted by atomic mass is 10.1. The molecule has 170 valence electrons. The van der Waals surface area contributed by atoms with E-state index in [4.69, 9.17) is 4.74 Å². The van der Waals surface area contributed by atoms with Gasteiger partial charge in [0.15, 0.2) is 15.7 Å². The highest BCUT2D eigenvalue weighted by Crippen LogP contribution is 2.35. The predicted octanol–water partition coefficient (Wildman–Crippen LogP) is 4.75. The van der Waals surface area contributed by atoms with Crippen LogP contribution in [-0.2, 0) is 22.1 Å². The largest absolute Gasteiger partial charge is 0.486 e. The fourth-order valence-electron chi connectivity index (χ4n) is 3.99. The Labute approximate surface area is 190 Å². The van der Waals surface area contributed by atoms with Crippen LogP contribution in [0.2, 0.25) is 0 Å². The first-order valence-electron chi connectivity index (χ1n) is 10.2. The molecule has 1 atom stereocenters. The Morgan fingerprint density at radius 3 is 2.69 bits per heavy atom. The van der Waals surface area contributed by atoms with Gasteiger partial charge in [0.05, 0.1) is 17.0 Å². The van der Waals surface area contributed by atoms with Gasteiger partial charge in [-0.3, -0.25) is 4.90 Å². The Morgan fingerprint density at radius 1 is 1.25 bits per heavy atom. The quantitative estimate of drug-likeness (QED) is 0.491. The van der Waals surface area contributed by atoms with Crippen LogP contribution in [0.3, 0.4) is 0 Å². The number of benzene rings is 2. The normalized spacial score (nSPS) is 19.4. The van der Waals surface area contributed by atoms with Crippen molar-refractivity contribution in [3.63, 3.8) is 0 Å². The molecule has 4 rings (SSSR count). The third kappa shape index (κ3) is 4.84. The summed E-state index contributed by atoms with van der Waals surface area (Å²) >= 11 is 1.22. The molecule has 0 aliphatic carbocycles. The fourth-order valence-corrected chi connectivity index (χ4v) is 6.13. The maximum Gasteiger partial charge on any atom is 0.189 e. The third-order valence-electron chi connectivity index (χ3n) is 5.63. The highest BCUT2D eigenvalue weighted by atomic mass is 32.2. The lowest BCUT2D eigenvalue weighted by Crippen LogP contribution is -2.36. The van der Waals surface area contributed by atoms with Crippen molar-refractivity contribution in [1.29, 1.82) is 0 Å². The molecule has 0 unspecified atom stereocenters. The van der Waals surface area contributed by atoms with Crippen LogP contribution in [0.4, 0.5) is 8.78 Å². The van der Waals surface area contributed by atoms with E-state index in [1.807, 2.05) is 25.1 Å². The van der Waals surface area contributed by atoms with Gasteiger partial charge in [-0.1, -0.05) is 30.3 Å². The highest BCUT2D eigenvalue weighted by molar-refractivity contribution is 7.90. The molecule has 1 fully saturated rings. The van der Waals surface area contributed by atoms with E-state index in [1.165, 1.54) is 29.3 Å². The molecule has 2 aromatic carbocycles. The summed E-state index contributed by atoms with van der Waals surface area (Å²) in [4.78, 5) is 5.20. The molecule has 0 bridgehead atoms. The first kappa shape index (κ1) is 22.8. The topological polar surface area (TPSA) is 59.5 Å². The summed E-state index contributed by atoms with van der Waals surface area (Å²) in [5.41, 5.74) is 2.25. The SMILES string of the molecule is Cc1c(O[C@@]2(C)CCN(Cc3ccccc3)C2)cc(F)c(S(=O)(=O)Cc2cscn2)c1F. The maximum absolute atomic E-state index is 15.1. The van der Waals surface area contributed by atoms with Crippen molar-refractivity contribution in [2.24, 2.45) is 0 Å². The highest BCUT2D eigenvalue weighted by Gasteiger charge is 2.37. The van der Waals surface area contributed by atoms with Gasteiger partial charge >= 0.3 is 0 Å². The molecule has 0 N–H and O–H groups in total. The summed E-state index contributed by atoms with van der Waals surface area (Å²) in [6.45, 7) is 5.45. The van der Waals surface area contributed by atoms with E-state index in [9.17, 15) is 12.8 Å². The molecule has 1 aliphatic rings. The lowest BCUT2D eigenvalue weighted by molar-refractivity contribution is 0.0930. The van der Waals surface area contributed by atoms with E-state index in [2.05, 4.69) is 22.0 Å². The molecular weight excluding hydrogens is 454 g/mol. The molecule has 9 heteroatoms. The molecule has 1 aromatic heterocycles. The zero-order chi connectivity index (χ0) is 22.9. The number of sulfone groups is 1. The number of thiazole rings is 1. The van der Waals surface area contributed by atoms with Crippen molar-refractivity contribution in [3.8, 4) is 5.75 Å². The number of likely N-dealkylation sites (tertiary alicyclic amines) is 1. The Balaban J connectivity index is 1.53. The molecule has 0 amide bonds. The van der Waals surface area contributed by atoms with Gasteiger partial charge in [0.1, 0.15) is 22.1 Å². The van der Waals surface area contributed by atoms with Crippen molar-refractivity contribution in [1.82, 2.24) is 9.88 Å². The Morgan fingerprint density at radius 2 is 2.00 bits per heavy atom. The van der Waals surface area contributed by atoms with Crippen LogP contribution in [0.15, 0.2) is 52.2 Å². The van der Waals surface area contributed by atoms with Crippen LogP contribution < -0.4 is 4.74 Å². The van der Waals surface area contributed by atoms with Gasteiger partial charge in [-0.25, -0.2) is 22.2 Å². The lowest BCUT2D eigenvalue weighted by Gasteiger charge is -2.28. The van der Waals surface area contributed by atoms with Crippen LogP contribution in [0.25, 0.3) is 0 Å². The van der Waals surface area contributed by atoms with Crippen molar-refractivity contribution in [2.75, 3.05) is 13.1 Å². The Kier molecular flexibility index (Phi) is 6.33. The molecule has 3 aromatic rings. The second-order valence-corrected chi connectivity index (χ2v) is 11.0. The first-order chi connectivity index (χ1) is 15.2. The number of ether oxygens (including phenoxy) is 1. The van der Waals surface area contributed by atoms with E-state index in [0.29, 0.717) is 13.0 Å². The number of halogens is 2. The summed E-state index contributed by atoms with van der Waals surface area (Å²) in [5.74, 6) is -2.80. The summed E-state index contributed by atoms with van der Waals surface area (Å²) in [7, 11) is -4.24. The van der Waals surface area contributed by atoms with E-state index >= 15 is 4.39 Å². The van der Waals surface area contributed by atoms with Crippen LogP contribution in [0, 0.1) is 18.6 Å². The Bertz CT molecular complexity index is 1200. The summed E-state index contributed by atoms with van der Waals surface area (Å²) in [5, 5.41) is 1.54. The van der Waals surface area contributed by atoms with E-state index < -0.39 is 37.7 Å². The monoisotopic (exact) mass is 478 g/mol. The molecule has 1 saturated heterocycles. The van der Waals surface area contributed by atoms with Crippen molar-refractivity contribution in [2.45, 2.75) is 43.1 Å². The average molecular weight is 479 g/mol. The molecule has 0 radical (unpaired) electrons. The molecule has 2 heterocycles. The van der Waals surface area contributed by atoms with E-state index in [0.717, 1.165) is 19.2 Å². The molecule has 0 spiro atoms. The number of hydrogen-bond acceptors (Lipinski definition) is 6. The standard InChI is InChI=1S/C23H24F2N2O3S2/c1-16-20(30-23(2)8-9-27(14-23)11-17-6-4-3-5-7-17)10-19(24)22(21(16)25)32(28,29)13-18-12-31-15-26-18/h3-7,10,12,15H,8-9,11,13-14H2,1-2H3/t23-/m0/s1. The fraction of sp³-hybridized carbons (Fsp3) is 0.348. The number of aromatic nitrogens is 1. The van der Waals surface area contributed by atoms with Gasteiger partial charge in [-0.05, 0) is 19.4 Å². The number of hydrogen-bond donors (Lipinski definition) is 0. The number of rotatable bonds is 7. The molecule has 32 heavy (non-hydrogen) atoms. The summed E-state index contributed by atoms with van der Waals surface area (Å²) in [6, 6.07) is 11.0. The van der Waals surface area contributed by atoms with Gasteiger partial charge < -0.3 is 4.74 Å². The smallest absolute Gasteiger partial charge is 0.189 e. The zero-order valence-electron chi connectivity index (χ0n) is 17.8. The van der Waals surface area contributed by atoms with Crippen molar-refractivity contribution in [3.05, 3.63) is 75.7 Å². The first-order valence-corrected chi connectivity index (χ1v) is 12.8. The van der Waals surface area contributed by atoms with E-state index in [1.54, 1.807) is 5.38 Å². The third-order valence-corrected chi connectivity index (χ3v) is 7.93. The second kappa shape index (κ2) is 8.88.